The maximum absolute atomic E-state index is 6.77. The SMILES string of the molecule is S=P(c1ccccc1)(c1ccccc1)c1ccc2nc3c4ccccc4c4ccc(-c5ccc6c(ccc7ccccc76)c5)cc4n3c2c1. The lowest BCUT2D eigenvalue weighted by Crippen LogP contribution is -2.24. The average molecular weight is 661 g/mol. The Balaban J connectivity index is 1.25. The predicted octanol–water partition coefficient (Wildman–Crippen LogP) is 10.5. The molecule has 0 unspecified atom stereocenters. The van der Waals surface area contributed by atoms with E-state index in [0.29, 0.717) is 0 Å². The minimum Gasteiger partial charge on any atom is -0.292 e. The Hall–Kier alpha value is -5.60. The Morgan fingerprint density at radius 3 is 1.76 bits per heavy atom. The molecule has 8 aromatic carbocycles. The minimum absolute atomic E-state index is 0.963. The van der Waals surface area contributed by atoms with E-state index in [9.17, 15) is 0 Å². The number of imidazole rings is 1. The summed E-state index contributed by atoms with van der Waals surface area (Å²) >= 11 is 6.77. The summed E-state index contributed by atoms with van der Waals surface area (Å²) in [4.78, 5) is 5.28. The first-order chi connectivity index (χ1) is 24.2. The molecular weight excluding hydrogens is 632 g/mol. The Morgan fingerprint density at radius 2 is 1.00 bits per heavy atom. The molecule has 0 aliphatic rings. The molecule has 0 saturated heterocycles. The quantitative estimate of drug-likeness (QED) is 0.138. The van der Waals surface area contributed by atoms with Crippen molar-refractivity contribution in [2.75, 3.05) is 0 Å². The van der Waals surface area contributed by atoms with Gasteiger partial charge in [-0.3, -0.25) is 4.40 Å². The highest BCUT2D eigenvalue weighted by Gasteiger charge is 2.26. The molecule has 0 atom stereocenters. The van der Waals surface area contributed by atoms with Gasteiger partial charge in [-0.2, -0.15) is 0 Å². The molecule has 2 aromatic heterocycles. The largest absolute Gasteiger partial charge is 0.292 e. The van der Waals surface area contributed by atoms with E-state index in [1.165, 1.54) is 54.1 Å². The maximum Gasteiger partial charge on any atom is 0.146 e. The lowest BCUT2D eigenvalue weighted by Gasteiger charge is -2.24. The van der Waals surface area contributed by atoms with Crippen LogP contribution in [0.1, 0.15) is 0 Å². The molecule has 0 radical (unpaired) electrons. The Bertz CT molecular complexity index is 2920. The molecule has 0 spiro atoms. The number of fused-ring (bicyclic) bond motifs is 11. The maximum atomic E-state index is 6.77. The van der Waals surface area contributed by atoms with Gasteiger partial charge in [-0.25, -0.2) is 4.98 Å². The van der Waals surface area contributed by atoms with Crippen LogP contribution in [0.2, 0.25) is 0 Å². The third-order valence-electron chi connectivity index (χ3n) is 10.0. The second-order valence-corrected chi connectivity index (χ2v) is 17.1. The summed E-state index contributed by atoms with van der Waals surface area (Å²) in [5.74, 6) is 0. The van der Waals surface area contributed by atoms with Crippen LogP contribution < -0.4 is 15.9 Å². The van der Waals surface area contributed by atoms with Gasteiger partial charge in [0.15, 0.2) is 0 Å². The normalized spacial score (nSPS) is 12.2. The molecule has 0 fully saturated rings. The van der Waals surface area contributed by atoms with Crippen molar-refractivity contribution in [2.45, 2.75) is 0 Å². The van der Waals surface area contributed by atoms with Crippen LogP contribution in [0.5, 0.6) is 0 Å². The van der Waals surface area contributed by atoms with Crippen LogP contribution in [-0.4, -0.2) is 9.38 Å². The highest BCUT2D eigenvalue weighted by atomic mass is 32.4. The van der Waals surface area contributed by atoms with Gasteiger partial charge < -0.3 is 0 Å². The van der Waals surface area contributed by atoms with E-state index in [1.54, 1.807) is 0 Å². The highest BCUT2D eigenvalue weighted by Crippen LogP contribution is 2.44. The fraction of sp³-hybridized carbons (Fsp3) is 0. The van der Waals surface area contributed by atoms with Crippen LogP contribution in [0.15, 0.2) is 176 Å². The molecule has 0 bridgehead atoms. The number of benzene rings is 8. The van der Waals surface area contributed by atoms with Crippen LogP contribution in [0.3, 0.4) is 0 Å². The third kappa shape index (κ3) is 4.33. The van der Waals surface area contributed by atoms with Gasteiger partial charge in [-0.05, 0) is 78.2 Å². The van der Waals surface area contributed by atoms with E-state index in [1.807, 2.05) is 0 Å². The van der Waals surface area contributed by atoms with E-state index in [2.05, 4.69) is 180 Å². The first kappa shape index (κ1) is 28.4. The summed E-state index contributed by atoms with van der Waals surface area (Å²) in [5.41, 5.74) is 6.51. The van der Waals surface area contributed by atoms with Crippen LogP contribution in [0.25, 0.3) is 71.0 Å². The fourth-order valence-electron chi connectivity index (χ4n) is 7.64. The second kappa shape index (κ2) is 11.0. The van der Waals surface area contributed by atoms with Crippen molar-refractivity contribution in [3.05, 3.63) is 176 Å². The molecule has 2 heterocycles. The zero-order valence-electron chi connectivity index (χ0n) is 26.5. The first-order valence-corrected chi connectivity index (χ1v) is 19.4. The van der Waals surface area contributed by atoms with Crippen molar-refractivity contribution in [3.63, 3.8) is 0 Å². The molecule has 4 heteroatoms. The number of aromatic nitrogens is 2. The lowest BCUT2D eigenvalue weighted by molar-refractivity contribution is 1.32. The summed E-state index contributed by atoms with van der Waals surface area (Å²) in [5, 5.41) is 12.1. The van der Waals surface area contributed by atoms with Gasteiger partial charge in [0, 0.05) is 16.8 Å². The fourth-order valence-corrected chi connectivity index (χ4v) is 11.4. The van der Waals surface area contributed by atoms with Crippen LogP contribution in [0, 0.1) is 0 Å². The minimum atomic E-state index is -2.35. The summed E-state index contributed by atoms with van der Waals surface area (Å²) in [6, 6.07) is 61.1. The van der Waals surface area contributed by atoms with Crippen molar-refractivity contribution >= 4 is 93.7 Å². The number of pyridine rings is 1. The molecule has 10 rings (SSSR count). The smallest absolute Gasteiger partial charge is 0.146 e. The molecule has 0 N–H and O–H groups in total. The van der Waals surface area contributed by atoms with Gasteiger partial charge in [0.25, 0.3) is 0 Å². The summed E-state index contributed by atoms with van der Waals surface area (Å²) in [6.45, 7) is 0. The zero-order chi connectivity index (χ0) is 32.5. The van der Waals surface area contributed by atoms with Gasteiger partial charge in [-0.15, -0.1) is 0 Å². The number of hydrogen-bond acceptors (Lipinski definition) is 2. The zero-order valence-corrected chi connectivity index (χ0v) is 28.2. The van der Waals surface area contributed by atoms with Crippen LogP contribution in [-0.2, 0) is 11.8 Å². The Morgan fingerprint density at radius 1 is 0.408 bits per heavy atom. The van der Waals surface area contributed by atoms with Crippen molar-refractivity contribution < 1.29 is 0 Å². The first-order valence-electron chi connectivity index (χ1n) is 16.6. The highest BCUT2D eigenvalue weighted by molar-refractivity contribution is 8.25. The number of hydrogen-bond donors (Lipinski definition) is 0. The van der Waals surface area contributed by atoms with Gasteiger partial charge in [0.1, 0.15) is 5.65 Å². The Labute approximate surface area is 288 Å². The molecule has 0 amide bonds. The number of rotatable bonds is 4. The Kier molecular flexibility index (Phi) is 6.36. The average Bonchev–Trinajstić information content (AvgIpc) is 3.57. The van der Waals surface area contributed by atoms with E-state index in [0.717, 1.165) is 32.9 Å². The molecule has 49 heavy (non-hydrogen) atoms. The number of nitrogens with zero attached hydrogens (tertiary/aromatic N) is 2. The molecular formula is C45H29N2PS. The van der Waals surface area contributed by atoms with E-state index in [4.69, 9.17) is 16.8 Å². The molecule has 0 aliphatic carbocycles. The predicted molar refractivity (Wildman–Crippen MR) is 214 cm³/mol. The van der Waals surface area contributed by atoms with Gasteiger partial charge in [0.2, 0.25) is 0 Å². The monoisotopic (exact) mass is 660 g/mol. The molecule has 2 nitrogen and oxygen atoms in total. The van der Waals surface area contributed by atoms with Crippen molar-refractivity contribution in [1.29, 1.82) is 0 Å². The summed E-state index contributed by atoms with van der Waals surface area (Å²) < 4.78 is 2.37. The van der Waals surface area contributed by atoms with Crippen molar-refractivity contribution in [2.24, 2.45) is 0 Å². The standard InChI is InChI=1S/C45H29N2PS/c49-48(34-12-3-1-4-13-34,35-14-5-2-6-15-35)36-23-26-42-44(29-36)47-43-28-32(22-25-40(43)39-17-9-10-18-41(39)45(47)46-42)31-21-24-38-33(27-31)20-19-30-11-7-8-16-37(30)38/h1-29H. The third-order valence-corrected chi connectivity index (χ3v) is 15.0. The lowest BCUT2D eigenvalue weighted by atomic mass is 9.96. The van der Waals surface area contributed by atoms with Crippen molar-refractivity contribution in [1.82, 2.24) is 9.38 Å². The summed E-state index contributed by atoms with van der Waals surface area (Å²) in [6.07, 6.45) is 0. The second-order valence-electron chi connectivity index (χ2n) is 12.7. The molecule has 230 valence electrons. The van der Waals surface area contributed by atoms with Gasteiger partial charge in [0.05, 0.1) is 16.6 Å². The molecule has 0 saturated carbocycles. The van der Waals surface area contributed by atoms with E-state index < -0.39 is 6.04 Å². The van der Waals surface area contributed by atoms with Gasteiger partial charge in [-0.1, -0.05) is 163 Å². The molecule has 0 aliphatic heterocycles. The van der Waals surface area contributed by atoms with Crippen molar-refractivity contribution in [3.8, 4) is 11.1 Å². The molecule has 10 aromatic rings. The van der Waals surface area contributed by atoms with Crippen LogP contribution in [0.4, 0.5) is 0 Å². The van der Waals surface area contributed by atoms with Gasteiger partial charge >= 0.3 is 0 Å². The topological polar surface area (TPSA) is 17.3 Å². The van der Waals surface area contributed by atoms with E-state index in [-0.39, 0.29) is 0 Å². The summed E-state index contributed by atoms with van der Waals surface area (Å²) in [7, 11) is 0. The van der Waals surface area contributed by atoms with Crippen LogP contribution >= 0.6 is 6.04 Å². The van der Waals surface area contributed by atoms with E-state index >= 15 is 0 Å².